The van der Waals surface area contributed by atoms with Gasteiger partial charge in [-0.25, -0.2) is 0 Å². The molecule has 0 atom stereocenters. The smallest absolute Gasteiger partial charge is 0.234 e. The Kier molecular flexibility index (Phi) is 5.70. The van der Waals surface area contributed by atoms with Gasteiger partial charge >= 0.3 is 0 Å². The molecular formula is C18H22BrN5O2S. The van der Waals surface area contributed by atoms with Gasteiger partial charge in [0.1, 0.15) is 0 Å². The third kappa shape index (κ3) is 4.47. The number of carbonyl (C=O) groups is 1. The zero-order chi connectivity index (χ0) is 18.8. The summed E-state index contributed by atoms with van der Waals surface area (Å²) in [6, 6.07) is 6.24. The lowest BCUT2D eigenvalue weighted by Crippen LogP contribution is -2.38. The predicted octanol–water partition coefficient (Wildman–Crippen LogP) is 3.25. The maximum absolute atomic E-state index is 12.4. The van der Waals surface area contributed by atoms with E-state index in [1.165, 1.54) is 11.8 Å². The normalized spacial score (nSPS) is 17.2. The van der Waals surface area contributed by atoms with Gasteiger partial charge in [0.2, 0.25) is 11.9 Å². The van der Waals surface area contributed by atoms with Crippen LogP contribution in [0.2, 0.25) is 0 Å². The number of benzene rings is 1. The van der Waals surface area contributed by atoms with Gasteiger partial charge in [-0.15, -0.1) is 10.2 Å². The van der Waals surface area contributed by atoms with Gasteiger partial charge in [-0.2, -0.15) is 0 Å². The van der Waals surface area contributed by atoms with Crippen molar-refractivity contribution < 1.29 is 9.53 Å². The van der Waals surface area contributed by atoms with E-state index in [1.807, 2.05) is 25.1 Å². The lowest BCUT2D eigenvalue weighted by atomic mass is 10.2. The summed E-state index contributed by atoms with van der Waals surface area (Å²) in [5.41, 5.74) is 1.89. The molecule has 7 nitrogen and oxygen atoms in total. The van der Waals surface area contributed by atoms with Crippen molar-refractivity contribution in [2.24, 2.45) is 0 Å². The summed E-state index contributed by atoms with van der Waals surface area (Å²) in [4.78, 5) is 14.6. The van der Waals surface area contributed by atoms with Crippen molar-refractivity contribution >= 4 is 45.2 Å². The predicted molar refractivity (Wildman–Crippen MR) is 110 cm³/mol. The molecule has 4 rings (SSSR count). The maximum Gasteiger partial charge on any atom is 0.234 e. The molecule has 9 heteroatoms. The highest BCUT2D eigenvalue weighted by Gasteiger charge is 2.32. The summed E-state index contributed by atoms with van der Waals surface area (Å²) in [5.74, 6) is 1.18. The molecule has 1 aromatic carbocycles. The van der Waals surface area contributed by atoms with Crippen LogP contribution in [0.5, 0.6) is 0 Å². The lowest BCUT2D eigenvalue weighted by molar-refractivity contribution is -0.113. The Morgan fingerprint density at radius 3 is 2.81 bits per heavy atom. The first kappa shape index (κ1) is 18.8. The molecule has 2 fully saturated rings. The van der Waals surface area contributed by atoms with Crippen LogP contribution >= 0.6 is 27.7 Å². The van der Waals surface area contributed by atoms with E-state index < -0.39 is 0 Å². The molecule has 1 saturated carbocycles. The van der Waals surface area contributed by atoms with Crippen LogP contribution in [0.15, 0.2) is 27.8 Å². The second kappa shape index (κ2) is 8.20. The van der Waals surface area contributed by atoms with Gasteiger partial charge < -0.3 is 15.0 Å². The third-order valence-corrected chi connectivity index (χ3v) is 6.46. The van der Waals surface area contributed by atoms with E-state index in [0.29, 0.717) is 11.8 Å². The zero-order valence-electron chi connectivity index (χ0n) is 15.2. The second-order valence-corrected chi connectivity index (χ2v) is 8.58. The number of hydrogen-bond donors (Lipinski definition) is 1. The fourth-order valence-corrected chi connectivity index (χ4v) is 4.10. The van der Waals surface area contributed by atoms with Crippen LogP contribution in [0.3, 0.4) is 0 Å². The molecule has 1 saturated heterocycles. The molecule has 2 aromatic rings. The number of nitrogens with one attached hydrogen (secondary N) is 1. The van der Waals surface area contributed by atoms with Crippen LogP contribution in [0, 0.1) is 6.92 Å². The summed E-state index contributed by atoms with van der Waals surface area (Å²) in [7, 11) is 0. The molecule has 144 valence electrons. The van der Waals surface area contributed by atoms with Gasteiger partial charge in [0.25, 0.3) is 0 Å². The Labute approximate surface area is 171 Å². The fourth-order valence-electron chi connectivity index (χ4n) is 3.05. The lowest BCUT2D eigenvalue weighted by Gasteiger charge is -2.27. The molecule has 0 unspecified atom stereocenters. The molecule has 0 spiro atoms. The molecule has 0 radical (unpaired) electrons. The van der Waals surface area contributed by atoms with E-state index in [2.05, 4.69) is 40.9 Å². The van der Waals surface area contributed by atoms with Crippen LogP contribution in [0.25, 0.3) is 0 Å². The highest BCUT2D eigenvalue weighted by molar-refractivity contribution is 9.10. The van der Waals surface area contributed by atoms with E-state index in [1.54, 1.807) is 0 Å². The van der Waals surface area contributed by atoms with E-state index in [4.69, 9.17) is 4.74 Å². The zero-order valence-corrected chi connectivity index (χ0v) is 17.6. The molecule has 1 aromatic heterocycles. The van der Waals surface area contributed by atoms with Crippen molar-refractivity contribution in [3.63, 3.8) is 0 Å². The Bertz CT molecular complexity index is 833. The summed E-state index contributed by atoms with van der Waals surface area (Å²) in [5, 5.41) is 12.5. The first-order valence-electron chi connectivity index (χ1n) is 9.08. The largest absolute Gasteiger partial charge is 0.378 e. The number of amides is 1. The highest BCUT2D eigenvalue weighted by Crippen LogP contribution is 2.41. The summed E-state index contributed by atoms with van der Waals surface area (Å²) in [6.45, 7) is 5.10. The minimum Gasteiger partial charge on any atom is -0.378 e. The number of carbonyl (C=O) groups excluding carboxylic acids is 1. The molecule has 27 heavy (non-hydrogen) atoms. The topological polar surface area (TPSA) is 72.3 Å². The third-order valence-electron chi connectivity index (χ3n) is 4.63. The number of anilines is 2. The van der Waals surface area contributed by atoms with Gasteiger partial charge in [0.15, 0.2) is 5.16 Å². The van der Waals surface area contributed by atoms with Crippen LogP contribution in [-0.4, -0.2) is 52.7 Å². The number of hydrogen-bond acceptors (Lipinski definition) is 6. The first-order chi connectivity index (χ1) is 13.1. The number of rotatable bonds is 6. The van der Waals surface area contributed by atoms with E-state index in [9.17, 15) is 4.79 Å². The highest BCUT2D eigenvalue weighted by atomic mass is 79.9. The first-order valence-corrected chi connectivity index (χ1v) is 10.9. The quantitative estimate of drug-likeness (QED) is 0.679. The molecular weight excluding hydrogens is 430 g/mol. The standard InChI is InChI=1S/C18H22BrN5O2S/c1-12-10-13(2-5-15(12)19)20-16(25)11-27-18-22-21-17(24(18)14-3-4-14)23-6-8-26-9-7-23/h2,5,10,14H,3-4,6-9,11H2,1H3,(H,20,25). The van der Waals surface area contributed by atoms with Crippen molar-refractivity contribution in [3.8, 4) is 0 Å². The Morgan fingerprint density at radius 1 is 1.33 bits per heavy atom. The monoisotopic (exact) mass is 451 g/mol. The van der Waals surface area contributed by atoms with Crippen molar-refractivity contribution in [2.75, 3.05) is 42.3 Å². The Morgan fingerprint density at radius 2 is 2.11 bits per heavy atom. The molecule has 2 heterocycles. The van der Waals surface area contributed by atoms with Gasteiger partial charge in [-0.3, -0.25) is 9.36 Å². The van der Waals surface area contributed by atoms with E-state index >= 15 is 0 Å². The SMILES string of the molecule is Cc1cc(NC(=O)CSc2nnc(N3CCOCC3)n2C2CC2)ccc1Br. The maximum atomic E-state index is 12.4. The molecule has 1 aliphatic carbocycles. The number of ether oxygens (including phenoxy) is 1. The van der Waals surface area contributed by atoms with E-state index in [0.717, 1.165) is 66.0 Å². The number of thioether (sulfide) groups is 1. The van der Waals surface area contributed by atoms with Crippen molar-refractivity contribution in [2.45, 2.75) is 31.0 Å². The van der Waals surface area contributed by atoms with Gasteiger partial charge in [-0.1, -0.05) is 27.7 Å². The minimum atomic E-state index is -0.0417. The van der Waals surface area contributed by atoms with Crippen LogP contribution in [0.4, 0.5) is 11.6 Å². The van der Waals surface area contributed by atoms with Crippen LogP contribution in [-0.2, 0) is 9.53 Å². The number of aryl methyl sites for hydroxylation is 1. The van der Waals surface area contributed by atoms with E-state index in [-0.39, 0.29) is 5.91 Å². The molecule has 1 aliphatic heterocycles. The summed E-state index contributed by atoms with van der Waals surface area (Å²) >= 11 is 4.92. The average Bonchev–Trinajstić information content (AvgIpc) is 3.43. The van der Waals surface area contributed by atoms with Crippen LogP contribution in [0.1, 0.15) is 24.4 Å². The van der Waals surface area contributed by atoms with Crippen molar-refractivity contribution in [1.29, 1.82) is 0 Å². The molecule has 2 aliphatic rings. The summed E-state index contributed by atoms with van der Waals surface area (Å²) in [6.07, 6.45) is 2.29. The van der Waals surface area contributed by atoms with Crippen LogP contribution < -0.4 is 10.2 Å². The Hall–Kier alpha value is -1.58. The number of morpholine rings is 1. The molecule has 1 amide bonds. The Balaban J connectivity index is 1.41. The molecule has 0 bridgehead atoms. The van der Waals surface area contributed by atoms with Crippen molar-refractivity contribution in [3.05, 3.63) is 28.2 Å². The number of halogens is 1. The number of nitrogens with zero attached hydrogens (tertiary/aromatic N) is 4. The average molecular weight is 452 g/mol. The van der Waals surface area contributed by atoms with Gasteiger partial charge in [0.05, 0.1) is 19.0 Å². The summed E-state index contributed by atoms with van der Waals surface area (Å²) < 4.78 is 8.67. The second-order valence-electron chi connectivity index (χ2n) is 6.78. The van der Waals surface area contributed by atoms with Crippen molar-refractivity contribution in [1.82, 2.24) is 14.8 Å². The number of aromatic nitrogens is 3. The minimum absolute atomic E-state index is 0.0417. The van der Waals surface area contributed by atoms with Gasteiger partial charge in [0, 0.05) is 29.3 Å². The molecule has 1 N–H and O–H groups in total. The fraction of sp³-hybridized carbons (Fsp3) is 0.500. The van der Waals surface area contributed by atoms with Gasteiger partial charge in [-0.05, 0) is 43.5 Å².